The lowest BCUT2D eigenvalue weighted by Crippen LogP contribution is -2.07. The van der Waals surface area contributed by atoms with Crippen molar-refractivity contribution in [1.82, 2.24) is 9.97 Å². The van der Waals surface area contributed by atoms with Gasteiger partial charge in [0.15, 0.2) is 0 Å². The fraction of sp³-hybridized carbons (Fsp3) is 0.600. The summed E-state index contributed by atoms with van der Waals surface area (Å²) in [6, 6.07) is 0. The summed E-state index contributed by atoms with van der Waals surface area (Å²) >= 11 is 12.1. The minimum atomic E-state index is 0.463. The topological polar surface area (TPSA) is 25.8 Å². The third kappa shape index (κ3) is 2.01. The molecule has 0 unspecified atom stereocenters. The monoisotopic (exact) mass is 230 g/mol. The normalized spacial score (nSPS) is 18.4. The first-order valence-corrected chi connectivity index (χ1v) is 5.70. The average Bonchev–Trinajstić information content (AvgIpc) is 2.19. The zero-order valence-electron chi connectivity index (χ0n) is 7.84. The molecule has 0 spiro atoms. The van der Waals surface area contributed by atoms with Crippen LogP contribution in [-0.2, 0) is 0 Å². The Morgan fingerprint density at radius 3 is 2.14 bits per heavy atom. The van der Waals surface area contributed by atoms with E-state index in [2.05, 4.69) is 9.97 Å². The Morgan fingerprint density at radius 1 is 1.00 bits per heavy atom. The summed E-state index contributed by atoms with van der Waals surface area (Å²) in [5, 5.41) is 1.05. The quantitative estimate of drug-likeness (QED) is 0.686. The summed E-state index contributed by atoms with van der Waals surface area (Å²) in [6.07, 6.45) is 7.56. The van der Waals surface area contributed by atoms with E-state index in [9.17, 15) is 0 Å². The summed E-state index contributed by atoms with van der Waals surface area (Å²) in [5.74, 6) is 0.463. The maximum absolute atomic E-state index is 6.03. The van der Waals surface area contributed by atoms with Crippen molar-refractivity contribution in [3.05, 3.63) is 22.2 Å². The molecule has 1 aromatic rings. The number of nitrogens with zero attached hydrogens (tertiary/aromatic N) is 2. The summed E-state index contributed by atoms with van der Waals surface area (Å²) in [7, 11) is 0. The second-order valence-corrected chi connectivity index (χ2v) is 4.42. The Morgan fingerprint density at radius 2 is 1.57 bits per heavy atom. The zero-order chi connectivity index (χ0) is 9.97. The van der Waals surface area contributed by atoms with Gasteiger partial charge in [0.2, 0.25) is 0 Å². The molecule has 4 heteroatoms. The molecule has 0 bridgehead atoms. The number of rotatable bonds is 1. The van der Waals surface area contributed by atoms with E-state index in [4.69, 9.17) is 23.2 Å². The van der Waals surface area contributed by atoms with Gasteiger partial charge < -0.3 is 0 Å². The van der Waals surface area contributed by atoms with Crippen LogP contribution < -0.4 is 0 Å². The highest BCUT2D eigenvalue weighted by Gasteiger charge is 2.21. The van der Waals surface area contributed by atoms with E-state index >= 15 is 0 Å². The number of aromatic nitrogens is 2. The smallest absolute Gasteiger partial charge is 0.137 e. The van der Waals surface area contributed by atoms with Crippen LogP contribution in [-0.4, -0.2) is 9.97 Å². The van der Waals surface area contributed by atoms with Gasteiger partial charge in [-0.1, -0.05) is 42.5 Å². The van der Waals surface area contributed by atoms with Crippen molar-refractivity contribution in [2.45, 2.75) is 38.0 Å². The largest absolute Gasteiger partial charge is 0.224 e. The van der Waals surface area contributed by atoms with Gasteiger partial charge in [-0.15, -0.1) is 0 Å². The predicted molar refractivity (Wildman–Crippen MR) is 57.9 cm³/mol. The summed E-state index contributed by atoms with van der Waals surface area (Å²) in [5.41, 5.74) is 0.954. The lowest BCUT2D eigenvalue weighted by molar-refractivity contribution is 0.442. The molecule has 1 fully saturated rings. The fourth-order valence-electron chi connectivity index (χ4n) is 2.08. The van der Waals surface area contributed by atoms with Crippen LogP contribution in [0.15, 0.2) is 6.33 Å². The molecule has 1 aromatic heterocycles. The molecule has 2 nitrogen and oxygen atoms in total. The Hall–Kier alpha value is -0.340. The molecule has 2 rings (SSSR count). The first-order chi connectivity index (χ1) is 6.79. The molecule has 1 aliphatic rings. The van der Waals surface area contributed by atoms with E-state index < -0.39 is 0 Å². The minimum absolute atomic E-state index is 0.463. The number of halogens is 2. The van der Waals surface area contributed by atoms with Crippen molar-refractivity contribution in [1.29, 1.82) is 0 Å². The lowest BCUT2D eigenvalue weighted by Gasteiger charge is -2.22. The molecular formula is C10H12Cl2N2. The van der Waals surface area contributed by atoms with Crippen LogP contribution >= 0.6 is 23.2 Å². The molecule has 1 saturated carbocycles. The molecule has 0 aromatic carbocycles. The van der Waals surface area contributed by atoms with Crippen molar-refractivity contribution in [2.75, 3.05) is 0 Å². The fourth-order valence-corrected chi connectivity index (χ4v) is 2.71. The van der Waals surface area contributed by atoms with Crippen LogP contribution in [0.5, 0.6) is 0 Å². The van der Waals surface area contributed by atoms with Gasteiger partial charge in [0.05, 0.1) is 0 Å². The molecule has 0 saturated heterocycles. The summed E-state index contributed by atoms with van der Waals surface area (Å²) < 4.78 is 0. The van der Waals surface area contributed by atoms with Crippen molar-refractivity contribution in [2.24, 2.45) is 0 Å². The molecule has 0 radical (unpaired) electrons. The summed E-state index contributed by atoms with van der Waals surface area (Å²) in [6.45, 7) is 0. The van der Waals surface area contributed by atoms with Crippen molar-refractivity contribution >= 4 is 23.2 Å². The highest BCUT2D eigenvalue weighted by Crippen LogP contribution is 2.38. The highest BCUT2D eigenvalue weighted by molar-refractivity contribution is 6.34. The standard InChI is InChI=1S/C10H12Cl2N2/c11-9-8(10(12)14-6-13-9)7-4-2-1-3-5-7/h6-7H,1-5H2. The highest BCUT2D eigenvalue weighted by atomic mass is 35.5. The van der Waals surface area contributed by atoms with Gasteiger partial charge >= 0.3 is 0 Å². The Balaban J connectivity index is 2.29. The first-order valence-electron chi connectivity index (χ1n) is 4.95. The van der Waals surface area contributed by atoms with Gasteiger partial charge in [0.25, 0.3) is 0 Å². The molecule has 1 heterocycles. The second kappa shape index (κ2) is 4.45. The Kier molecular flexibility index (Phi) is 3.24. The van der Waals surface area contributed by atoms with Crippen LogP contribution in [0.3, 0.4) is 0 Å². The lowest BCUT2D eigenvalue weighted by atomic mass is 9.85. The average molecular weight is 231 g/mol. The SMILES string of the molecule is Clc1ncnc(Cl)c1C1CCCCC1. The van der Waals surface area contributed by atoms with E-state index in [0.29, 0.717) is 16.2 Å². The minimum Gasteiger partial charge on any atom is -0.224 e. The van der Waals surface area contributed by atoms with Crippen LogP contribution in [0.2, 0.25) is 10.3 Å². The van der Waals surface area contributed by atoms with Crippen molar-refractivity contribution in [3.63, 3.8) is 0 Å². The molecule has 0 N–H and O–H groups in total. The van der Waals surface area contributed by atoms with Crippen LogP contribution in [0.4, 0.5) is 0 Å². The van der Waals surface area contributed by atoms with E-state index in [1.165, 1.54) is 25.6 Å². The third-order valence-corrected chi connectivity index (χ3v) is 3.40. The third-order valence-electron chi connectivity index (χ3n) is 2.80. The van der Waals surface area contributed by atoms with E-state index in [1.807, 2.05) is 0 Å². The maximum atomic E-state index is 6.03. The molecule has 1 aliphatic carbocycles. The van der Waals surface area contributed by atoms with Crippen LogP contribution in [0, 0.1) is 0 Å². The first kappa shape index (κ1) is 10.2. The Bertz CT molecular complexity index is 302. The van der Waals surface area contributed by atoms with E-state index in [-0.39, 0.29) is 0 Å². The molecule has 0 aliphatic heterocycles. The predicted octanol–water partition coefficient (Wildman–Crippen LogP) is 3.83. The molecular weight excluding hydrogens is 219 g/mol. The molecule has 0 atom stereocenters. The second-order valence-electron chi connectivity index (χ2n) is 3.70. The number of hydrogen-bond donors (Lipinski definition) is 0. The van der Waals surface area contributed by atoms with Crippen LogP contribution in [0.25, 0.3) is 0 Å². The molecule has 76 valence electrons. The van der Waals surface area contributed by atoms with E-state index in [1.54, 1.807) is 0 Å². The van der Waals surface area contributed by atoms with E-state index in [0.717, 1.165) is 18.4 Å². The zero-order valence-corrected chi connectivity index (χ0v) is 9.35. The molecule has 14 heavy (non-hydrogen) atoms. The van der Waals surface area contributed by atoms with Gasteiger partial charge in [0.1, 0.15) is 16.6 Å². The van der Waals surface area contributed by atoms with Crippen molar-refractivity contribution < 1.29 is 0 Å². The van der Waals surface area contributed by atoms with Gasteiger partial charge in [-0.05, 0) is 18.8 Å². The van der Waals surface area contributed by atoms with Gasteiger partial charge in [-0.2, -0.15) is 0 Å². The Labute approximate surface area is 93.7 Å². The van der Waals surface area contributed by atoms with Gasteiger partial charge in [0, 0.05) is 5.56 Å². The summed E-state index contributed by atoms with van der Waals surface area (Å²) in [4.78, 5) is 7.97. The van der Waals surface area contributed by atoms with Gasteiger partial charge in [-0.25, -0.2) is 9.97 Å². The van der Waals surface area contributed by atoms with Crippen molar-refractivity contribution in [3.8, 4) is 0 Å². The van der Waals surface area contributed by atoms with Gasteiger partial charge in [-0.3, -0.25) is 0 Å². The maximum Gasteiger partial charge on any atom is 0.137 e. The van der Waals surface area contributed by atoms with Crippen LogP contribution in [0.1, 0.15) is 43.6 Å². The molecule has 0 amide bonds. The number of hydrogen-bond acceptors (Lipinski definition) is 2.